The lowest BCUT2D eigenvalue weighted by Crippen LogP contribution is -2.06. The van der Waals surface area contributed by atoms with Crippen LogP contribution in [0.3, 0.4) is 0 Å². The molecule has 1 aliphatic rings. The second-order valence-corrected chi connectivity index (χ2v) is 5.87. The Morgan fingerprint density at radius 1 is 1.08 bits per heavy atom. The van der Waals surface area contributed by atoms with E-state index in [9.17, 15) is 4.79 Å². The molecule has 0 atom stereocenters. The monoisotopic (exact) mass is 352 g/mol. The molecule has 0 saturated heterocycles. The predicted octanol–water partition coefficient (Wildman–Crippen LogP) is 2.76. The van der Waals surface area contributed by atoms with Crippen molar-refractivity contribution in [1.29, 1.82) is 0 Å². The van der Waals surface area contributed by atoms with Crippen LogP contribution in [0.25, 0.3) is 0 Å². The Hall–Kier alpha value is -1.86. The van der Waals surface area contributed by atoms with E-state index in [1.165, 1.54) is 30.4 Å². The molecule has 0 bridgehead atoms. The van der Waals surface area contributed by atoms with Gasteiger partial charge in [-0.1, -0.05) is 24.3 Å². The van der Waals surface area contributed by atoms with E-state index in [2.05, 4.69) is 18.7 Å². The minimum atomic E-state index is 0. The van der Waals surface area contributed by atoms with Gasteiger partial charge in [-0.2, -0.15) is 0 Å². The number of rotatable bonds is 1. The first-order chi connectivity index (χ1) is 10.1. The first-order valence-electron chi connectivity index (χ1n) is 7.23. The van der Waals surface area contributed by atoms with Crippen LogP contribution in [0.4, 0.5) is 5.69 Å². The fourth-order valence-corrected chi connectivity index (χ4v) is 2.90. The third-order valence-corrected chi connectivity index (χ3v) is 4.06. The molecular weight excluding hydrogens is 324 g/mol. The maximum absolute atomic E-state index is 10.2. The fraction of sp³-hybridized carbons (Fsp3) is 0.278. The molecule has 2 aromatic carbocycles. The second kappa shape index (κ2) is 11.6. The number of thiol groups is 1. The predicted molar refractivity (Wildman–Crippen MR) is 104 cm³/mol. The van der Waals surface area contributed by atoms with Crippen LogP contribution in [-0.4, -0.2) is 17.2 Å². The molecule has 0 heterocycles. The molecule has 5 nitrogen and oxygen atoms in total. The third kappa shape index (κ3) is 6.33. The minimum Gasteiger partial charge on any atom is -0.412 e. The highest BCUT2D eigenvalue weighted by Crippen LogP contribution is 2.28. The largest absolute Gasteiger partial charge is 0.412 e. The molecule has 0 unspecified atom stereocenters. The van der Waals surface area contributed by atoms with Crippen molar-refractivity contribution in [3.05, 3.63) is 58.7 Å². The van der Waals surface area contributed by atoms with Crippen LogP contribution < -0.4 is 11.9 Å². The molecule has 1 aliphatic carbocycles. The van der Waals surface area contributed by atoms with Crippen molar-refractivity contribution in [2.24, 2.45) is 0 Å². The zero-order chi connectivity index (χ0) is 15.2. The molecule has 24 heavy (non-hydrogen) atoms. The normalized spacial score (nSPS) is 11.2. The van der Waals surface area contributed by atoms with Crippen molar-refractivity contribution < 1.29 is 15.7 Å². The van der Waals surface area contributed by atoms with Crippen LogP contribution in [0.1, 0.15) is 39.9 Å². The highest BCUT2D eigenvalue weighted by atomic mass is 32.1. The van der Waals surface area contributed by atoms with Gasteiger partial charge in [0.25, 0.3) is 0 Å². The highest BCUT2D eigenvalue weighted by molar-refractivity contribution is 7.80. The number of hydrogen-bond donors (Lipinski definition) is 3. The summed E-state index contributed by atoms with van der Waals surface area (Å²) in [6.07, 6.45) is 5.77. The molecule has 0 aromatic heterocycles. The Morgan fingerprint density at radius 3 is 2.29 bits per heavy atom. The molecule has 6 heteroatoms. The molecule has 0 spiro atoms. The van der Waals surface area contributed by atoms with Crippen molar-refractivity contribution in [3.63, 3.8) is 0 Å². The van der Waals surface area contributed by atoms with Crippen molar-refractivity contribution in [3.8, 4) is 0 Å². The summed E-state index contributed by atoms with van der Waals surface area (Å²) in [6, 6.07) is 11.6. The number of carbonyl (C=O) groups excluding carboxylic acids is 1. The number of nitrogen functional groups attached to an aromatic ring is 1. The summed E-state index contributed by atoms with van der Waals surface area (Å²) in [5.74, 6) is 0. The van der Waals surface area contributed by atoms with Crippen molar-refractivity contribution in [2.75, 3.05) is 5.73 Å². The summed E-state index contributed by atoms with van der Waals surface area (Å²) < 4.78 is 0. The van der Waals surface area contributed by atoms with Gasteiger partial charge in [0.2, 0.25) is 0 Å². The smallest absolute Gasteiger partial charge is 0.150 e. The number of carbonyl (C=O) groups is 1. The molecule has 9 N–H and O–H groups in total. The lowest BCUT2D eigenvalue weighted by Gasteiger charge is -2.17. The number of aldehydes is 1. The number of benzene rings is 2. The van der Waals surface area contributed by atoms with Gasteiger partial charge in [-0.25, -0.2) is 0 Å². The Balaban J connectivity index is 0. The van der Waals surface area contributed by atoms with Crippen LogP contribution >= 0.6 is 12.6 Å². The molecular formula is C18H28N2O3S. The minimum absolute atomic E-state index is 0. The molecule has 0 amide bonds. The summed E-state index contributed by atoms with van der Waals surface area (Å²) in [6.45, 7) is 1.92. The van der Waals surface area contributed by atoms with E-state index in [1.54, 1.807) is 0 Å². The number of fused-ring (bicyclic) bond motifs is 1. The first kappa shape index (κ1) is 24.4. The topological polar surface area (TPSA) is 141 Å². The van der Waals surface area contributed by atoms with E-state index in [1.807, 2.05) is 37.3 Å². The number of anilines is 1. The summed E-state index contributed by atoms with van der Waals surface area (Å²) >= 11 is 4.31. The van der Waals surface area contributed by atoms with Crippen LogP contribution in [0.5, 0.6) is 0 Å². The van der Waals surface area contributed by atoms with Gasteiger partial charge in [0.1, 0.15) is 6.29 Å². The molecule has 0 fully saturated rings. The SMILES string of the molecule is Cc1ccccc1C=O.N.Nc1cc(S)cc2c1CCCC2.O.O. The van der Waals surface area contributed by atoms with Gasteiger partial charge in [-0.05, 0) is 61.4 Å². The van der Waals surface area contributed by atoms with Gasteiger partial charge in [0.15, 0.2) is 0 Å². The molecule has 0 saturated carbocycles. The van der Waals surface area contributed by atoms with Crippen LogP contribution in [-0.2, 0) is 12.8 Å². The lowest BCUT2D eigenvalue weighted by molar-refractivity contribution is 0.112. The summed E-state index contributed by atoms with van der Waals surface area (Å²) in [7, 11) is 0. The molecule has 134 valence electrons. The maximum Gasteiger partial charge on any atom is 0.150 e. The van der Waals surface area contributed by atoms with Gasteiger partial charge < -0.3 is 22.8 Å². The van der Waals surface area contributed by atoms with E-state index >= 15 is 0 Å². The Kier molecular flexibility index (Phi) is 11.8. The van der Waals surface area contributed by atoms with E-state index in [4.69, 9.17) is 5.73 Å². The Labute approximate surface area is 148 Å². The van der Waals surface area contributed by atoms with Gasteiger partial charge >= 0.3 is 0 Å². The molecule has 3 rings (SSSR count). The van der Waals surface area contributed by atoms with Crippen LogP contribution in [0.15, 0.2) is 41.3 Å². The van der Waals surface area contributed by atoms with Gasteiger partial charge in [-0.15, -0.1) is 12.6 Å². The zero-order valence-corrected chi connectivity index (χ0v) is 14.9. The number of aryl methyl sites for hydroxylation is 2. The molecule has 2 aromatic rings. The van der Waals surface area contributed by atoms with Gasteiger partial charge in [0, 0.05) is 16.1 Å². The summed E-state index contributed by atoms with van der Waals surface area (Å²) in [5, 5.41) is 0. The third-order valence-electron chi connectivity index (χ3n) is 3.80. The maximum atomic E-state index is 10.2. The summed E-state index contributed by atoms with van der Waals surface area (Å²) in [4.78, 5) is 11.2. The van der Waals surface area contributed by atoms with E-state index in [-0.39, 0.29) is 17.1 Å². The Morgan fingerprint density at radius 2 is 1.71 bits per heavy atom. The van der Waals surface area contributed by atoms with E-state index < -0.39 is 0 Å². The molecule has 0 radical (unpaired) electrons. The zero-order valence-electron chi connectivity index (χ0n) is 14.0. The second-order valence-electron chi connectivity index (χ2n) is 5.35. The lowest BCUT2D eigenvalue weighted by atomic mass is 9.91. The number of hydrogen-bond acceptors (Lipinski definition) is 4. The Bertz CT molecular complexity index is 648. The van der Waals surface area contributed by atoms with Crippen molar-refractivity contribution >= 4 is 24.6 Å². The van der Waals surface area contributed by atoms with Gasteiger partial charge in [-0.3, -0.25) is 4.79 Å². The molecule has 0 aliphatic heterocycles. The van der Waals surface area contributed by atoms with Crippen molar-refractivity contribution in [2.45, 2.75) is 37.5 Å². The van der Waals surface area contributed by atoms with E-state index in [0.717, 1.165) is 34.4 Å². The fourth-order valence-electron chi connectivity index (χ4n) is 2.60. The standard InChI is InChI=1S/C10H13NS.C8H8O.H3N.2H2O/c11-10-6-8(12)5-7-3-1-2-4-9(7)10;1-7-4-2-3-5-8(7)6-9;;;/h5-6,12H,1-4,11H2;2-6H,1H3;1H3;2*1H2. The van der Waals surface area contributed by atoms with Gasteiger partial charge in [0.05, 0.1) is 0 Å². The number of nitrogens with two attached hydrogens (primary N) is 1. The first-order valence-corrected chi connectivity index (χ1v) is 7.67. The van der Waals surface area contributed by atoms with Crippen molar-refractivity contribution in [1.82, 2.24) is 6.15 Å². The average Bonchev–Trinajstić information content (AvgIpc) is 2.48. The van der Waals surface area contributed by atoms with Crippen LogP contribution in [0.2, 0.25) is 0 Å². The van der Waals surface area contributed by atoms with E-state index in [0.29, 0.717) is 0 Å². The summed E-state index contributed by atoms with van der Waals surface area (Å²) in [5.41, 5.74) is 11.4. The van der Waals surface area contributed by atoms with Crippen LogP contribution in [0, 0.1) is 6.92 Å². The average molecular weight is 353 g/mol. The quantitative estimate of drug-likeness (QED) is 0.412. The highest BCUT2D eigenvalue weighted by Gasteiger charge is 2.11.